The van der Waals surface area contributed by atoms with Crippen LogP contribution in [0.15, 0.2) is 60.0 Å². The Morgan fingerprint density at radius 3 is 2.68 bits per heavy atom. The molecule has 7 nitrogen and oxygen atoms in total. The molecule has 1 amide bonds. The third-order valence-electron chi connectivity index (χ3n) is 5.36. The zero-order valence-corrected chi connectivity index (χ0v) is 18.5. The van der Waals surface area contributed by atoms with Crippen LogP contribution in [0.4, 0.5) is 0 Å². The van der Waals surface area contributed by atoms with E-state index >= 15 is 0 Å². The van der Waals surface area contributed by atoms with Crippen molar-refractivity contribution in [1.29, 1.82) is 0 Å². The number of piperazine rings is 1. The maximum absolute atomic E-state index is 13.2. The minimum absolute atomic E-state index is 0.105. The molecule has 1 aliphatic rings. The first-order chi connectivity index (χ1) is 15.3. The van der Waals surface area contributed by atoms with Gasteiger partial charge in [0.15, 0.2) is 5.16 Å². The lowest BCUT2D eigenvalue weighted by atomic mass is 10.1. The second kappa shape index (κ2) is 9.17. The maximum Gasteiger partial charge on any atom is 0.254 e. The number of carbonyl (C=O) groups excluding carboxylic acids is 1. The van der Waals surface area contributed by atoms with E-state index in [0.29, 0.717) is 5.75 Å². The number of para-hydroxylation sites is 1. The number of nitrogens with one attached hydrogen (secondary N) is 1. The Morgan fingerprint density at radius 2 is 1.87 bits per heavy atom. The average Bonchev–Trinajstić information content (AvgIpc) is 3.47. The lowest BCUT2D eigenvalue weighted by Gasteiger charge is -2.34. The van der Waals surface area contributed by atoms with Crippen molar-refractivity contribution >= 4 is 39.2 Å². The van der Waals surface area contributed by atoms with E-state index in [-0.39, 0.29) is 5.91 Å². The van der Waals surface area contributed by atoms with Gasteiger partial charge >= 0.3 is 0 Å². The van der Waals surface area contributed by atoms with E-state index in [1.165, 1.54) is 11.0 Å². The highest BCUT2D eigenvalue weighted by molar-refractivity contribution is 7.98. The summed E-state index contributed by atoms with van der Waals surface area (Å²) in [5.41, 5.74) is 2.86. The molecule has 2 aromatic heterocycles. The fourth-order valence-corrected chi connectivity index (χ4v) is 5.52. The highest BCUT2D eigenvalue weighted by Crippen LogP contribution is 2.24. The van der Waals surface area contributed by atoms with E-state index in [9.17, 15) is 4.79 Å². The van der Waals surface area contributed by atoms with Crippen LogP contribution in [0.2, 0.25) is 0 Å². The Balaban J connectivity index is 1.20. The molecule has 0 saturated carbocycles. The number of thioether (sulfide) groups is 1. The van der Waals surface area contributed by atoms with Crippen molar-refractivity contribution in [3.63, 3.8) is 0 Å². The minimum Gasteiger partial charge on any atom is -0.336 e. The number of carbonyl (C=O) groups is 1. The van der Waals surface area contributed by atoms with Gasteiger partial charge in [-0.1, -0.05) is 42.1 Å². The van der Waals surface area contributed by atoms with Crippen LogP contribution in [-0.2, 0) is 12.3 Å². The van der Waals surface area contributed by atoms with Crippen molar-refractivity contribution in [1.82, 2.24) is 30.0 Å². The van der Waals surface area contributed by atoms with E-state index in [1.54, 1.807) is 23.1 Å². The number of amides is 1. The molecule has 1 N–H and O–H groups in total. The second-order valence-electron chi connectivity index (χ2n) is 7.38. The van der Waals surface area contributed by atoms with Crippen LogP contribution in [0.1, 0.15) is 20.9 Å². The Labute approximate surface area is 188 Å². The Hall–Kier alpha value is -2.75. The molecule has 5 rings (SSSR count). The molecule has 0 unspecified atom stereocenters. The van der Waals surface area contributed by atoms with Gasteiger partial charge in [0, 0.05) is 37.5 Å². The molecule has 1 aliphatic heterocycles. The summed E-state index contributed by atoms with van der Waals surface area (Å²) in [6.45, 7) is 4.01. The summed E-state index contributed by atoms with van der Waals surface area (Å²) in [5.74, 6) is 0.780. The zero-order chi connectivity index (χ0) is 21.0. The van der Waals surface area contributed by atoms with Crippen LogP contribution in [-0.4, -0.2) is 62.1 Å². The molecule has 2 aromatic carbocycles. The van der Waals surface area contributed by atoms with Crippen molar-refractivity contribution in [2.45, 2.75) is 17.5 Å². The van der Waals surface area contributed by atoms with Crippen LogP contribution < -0.4 is 0 Å². The molecule has 0 atom stereocenters. The third kappa shape index (κ3) is 4.63. The summed E-state index contributed by atoms with van der Waals surface area (Å²) in [5, 5.41) is 8.61. The molecule has 1 fully saturated rings. The van der Waals surface area contributed by atoms with Crippen LogP contribution in [0.3, 0.4) is 0 Å². The molecule has 1 saturated heterocycles. The van der Waals surface area contributed by atoms with Crippen molar-refractivity contribution in [3.8, 4) is 0 Å². The first-order valence-corrected chi connectivity index (χ1v) is 12.0. The predicted molar refractivity (Wildman–Crippen MR) is 123 cm³/mol. The van der Waals surface area contributed by atoms with E-state index < -0.39 is 0 Å². The van der Waals surface area contributed by atoms with Crippen molar-refractivity contribution in [2.24, 2.45) is 0 Å². The topological polar surface area (TPSA) is 78.0 Å². The zero-order valence-electron chi connectivity index (χ0n) is 16.9. The highest BCUT2D eigenvalue weighted by Gasteiger charge is 2.24. The van der Waals surface area contributed by atoms with E-state index in [1.807, 2.05) is 35.2 Å². The number of aromatic nitrogens is 4. The largest absolute Gasteiger partial charge is 0.336 e. The quantitative estimate of drug-likeness (QED) is 0.452. The monoisotopic (exact) mass is 450 g/mol. The van der Waals surface area contributed by atoms with Gasteiger partial charge in [0.1, 0.15) is 11.3 Å². The van der Waals surface area contributed by atoms with Gasteiger partial charge in [-0.25, -0.2) is 9.97 Å². The van der Waals surface area contributed by atoms with Gasteiger partial charge in [-0.15, -0.1) is 11.3 Å². The van der Waals surface area contributed by atoms with Crippen molar-refractivity contribution < 1.29 is 4.79 Å². The van der Waals surface area contributed by atoms with Gasteiger partial charge in [-0.3, -0.25) is 14.8 Å². The predicted octanol–water partition coefficient (Wildman–Crippen LogP) is 3.66. The van der Waals surface area contributed by atoms with Crippen molar-refractivity contribution in [2.75, 3.05) is 26.2 Å². The molecule has 31 heavy (non-hydrogen) atoms. The molecule has 3 heterocycles. The Kier molecular flexibility index (Phi) is 5.97. The highest BCUT2D eigenvalue weighted by atomic mass is 32.2. The van der Waals surface area contributed by atoms with E-state index in [0.717, 1.165) is 59.5 Å². The number of rotatable bonds is 6. The number of hydrogen-bond acceptors (Lipinski definition) is 7. The van der Waals surface area contributed by atoms with Gasteiger partial charge in [-0.2, -0.15) is 5.10 Å². The molecule has 4 aromatic rings. The van der Waals surface area contributed by atoms with Crippen molar-refractivity contribution in [3.05, 3.63) is 71.0 Å². The Morgan fingerprint density at radius 1 is 1.06 bits per heavy atom. The summed E-state index contributed by atoms with van der Waals surface area (Å²) in [6, 6.07) is 16.1. The average molecular weight is 451 g/mol. The number of fused-ring (bicyclic) bond motifs is 1. The molecule has 0 radical (unpaired) electrons. The minimum atomic E-state index is 0.105. The lowest BCUT2D eigenvalue weighted by molar-refractivity contribution is 0.0627. The summed E-state index contributed by atoms with van der Waals surface area (Å²) < 4.78 is 1.23. The molecule has 0 aliphatic carbocycles. The van der Waals surface area contributed by atoms with Gasteiger partial charge in [0.05, 0.1) is 16.8 Å². The number of nitrogens with zero attached hydrogens (tertiary/aromatic N) is 5. The van der Waals surface area contributed by atoms with Gasteiger partial charge < -0.3 is 4.90 Å². The third-order valence-corrected chi connectivity index (χ3v) is 7.31. The van der Waals surface area contributed by atoms with E-state index in [4.69, 9.17) is 4.98 Å². The molecule has 158 valence electrons. The number of aromatic amines is 1. The summed E-state index contributed by atoms with van der Waals surface area (Å²) >= 11 is 3.30. The van der Waals surface area contributed by atoms with Gasteiger partial charge in [0.2, 0.25) is 0 Å². The lowest BCUT2D eigenvalue weighted by Crippen LogP contribution is -2.48. The van der Waals surface area contributed by atoms with Crippen LogP contribution >= 0.6 is 23.1 Å². The van der Waals surface area contributed by atoms with Gasteiger partial charge in [-0.05, 0) is 23.8 Å². The molecular formula is C22H22N6OS2. The fraction of sp³-hybridized carbons (Fsp3) is 0.273. The second-order valence-corrected chi connectivity index (χ2v) is 9.46. The number of hydrogen-bond donors (Lipinski definition) is 1. The molecule has 0 bridgehead atoms. The number of H-pyrrole nitrogens is 1. The first-order valence-electron chi connectivity index (χ1n) is 10.2. The summed E-state index contributed by atoms with van der Waals surface area (Å²) in [4.78, 5) is 26.5. The normalized spacial score (nSPS) is 14.9. The summed E-state index contributed by atoms with van der Waals surface area (Å²) in [7, 11) is 0. The molecule has 9 heteroatoms. The molecule has 0 spiro atoms. The SMILES string of the molecule is O=C(c1ccccc1CSc1ncn[nH]1)N1CCN(Cc2nc3ccccc3s2)CC1. The van der Waals surface area contributed by atoms with Crippen LogP contribution in [0.25, 0.3) is 10.2 Å². The number of benzene rings is 2. The van der Waals surface area contributed by atoms with Gasteiger partial charge in [0.25, 0.3) is 5.91 Å². The Bertz CT molecular complexity index is 1130. The standard InChI is InChI=1S/C22H22N6OS2/c29-21(17-6-2-1-5-16(17)14-30-22-23-15-24-26-22)28-11-9-27(10-12-28)13-20-25-18-7-3-4-8-19(18)31-20/h1-8,15H,9-14H2,(H,23,24,26). The first kappa shape index (κ1) is 20.2. The van der Waals surface area contributed by atoms with Crippen LogP contribution in [0, 0.1) is 0 Å². The smallest absolute Gasteiger partial charge is 0.254 e. The maximum atomic E-state index is 13.2. The fourth-order valence-electron chi connectivity index (χ4n) is 3.72. The van der Waals surface area contributed by atoms with Crippen LogP contribution in [0.5, 0.6) is 0 Å². The summed E-state index contributed by atoms with van der Waals surface area (Å²) in [6.07, 6.45) is 1.49. The number of thiazole rings is 1. The molecular weight excluding hydrogens is 428 g/mol. The van der Waals surface area contributed by atoms with E-state index in [2.05, 4.69) is 38.3 Å².